The molecule has 0 fully saturated rings. The maximum Gasteiger partial charge on any atom is 0.490 e. The van der Waals surface area contributed by atoms with Crippen LogP contribution < -0.4 is 11.1 Å². The van der Waals surface area contributed by atoms with E-state index < -0.39 is 35.3 Å². The number of halogens is 4. The summed E-state index contributed by atoms with van der Waals surface area (Å²) in [6.45, 7) is 1.40. The minimum absolute atomic E-state index is 0.00423. The summed E-state index contributed by atoms with van der Waals surface area (Å²) in [6.07, 6.45) is -5.08. The number of methoxy groups -OCH3 is 1. The number of carbonyl (C=O) groups is 4. The van der Waals surface area contributed by atoms with Crippen LogP contribution in [-0.2, 0) is 20.9 Å². The number of esters is 1. The lowest BCUT2D eigenvalue weighted by Gasteiger charge is -2.19. The predicted octanol–water partition coefficient (Wildman–Crippen LogP) is 2.74. The lowest BCUT2D eigenvalue weighted by atomic mass is 9.97. The number of ketones is 1. The third-order valence-electron chi connectivity index (χ3n) is 3.80. The molecular formula is C19H18ClF3N2O7S. The molecule has 1 atom stereocenters. The molecule has 0 saturated heterocycles. The van der Waals surface area contributed by atoms with Gasteiger partial charge in [0.15, 0.2) is 5.54 Å². The summed E-state index contributed by atoms with van der Waals surface area (Å²) in [5, 5.41) is 19.2. The van der Waals surface area contributed by atoms with Crippen LogP contribution in [0.15, 0.2) is 30.3 Å². The highest BCUT2D eigenvalue weighted by Crippen LogP contribution is 2.30. The number of rotatable bonds is 6. The predicted molar refractivity (Wildman–Crippen MR) is 111 cm³/mol. The highest BCUT2D eigenvalue weighted by molar-refractivity contribution is 7.16. The van der Waals surface area contributed by atoms with E-state index in [4.69, 9.17) is 27.2 Å². The standard InChI is InChI=1S/C17H17ClN2O5S.C2HF3O2/c1-17(19,16(24)25-2)14(22)13-11(18)7-12(26-13)15(23)20-8-9-4-3-5-10(21)6-9;3-2(4,5)1(6)7/h3-7,21H,8,19H2,1-2H3,(H,20,23);(H,6,7). The molecule has 5 N–H and O–H groups in total. The second-order valence-electron chi connectivity index (χ2n) is 6.47. The zero-order valence-electron chi connectivity index (χ0n) is 17.0. The number of carboxylic acid groups (broad SMARTS) is 1. The maximum atomic E-state index is 12.5. The monoisotopic (exact) mass is 510 g/mol. The normalized spacial score (nSPS) is 12.6. The molecule has 9 nitrogen and oxygen atoms in total. The number of phenols is 1. The van der Waals surface area contributed by atoms with Crippen molar-refractivity contribution in [3.8, 4) is 5.75 Å². The fraction of sp³-hybridized carbons (Fsp3) is 0.263. The lowest BCUT2D eigenvalue weighted by molar-refractivity contribution is -0.192. The maximum absolute atomic E-state index is 12.5. The van der Waals surface area contributed by atoms with Gasteiger partial charge in [0.25, 0.3) is 5.91 Å². The second-order valence-corrected chi connectivity index (χ2v) is 7.93. The third-order valence-corrected chi connectivity index (χ3v) is 5.35. The van der Waals surface area contributed by atoms with Crippen LogP contribution in [-0.4, -0.2) is 52.7 Å². The fourth-order valence-corrected chi connectivity index (χ4v) is 3.51. The van der Waals surface area contributed by atoms with Gasteiger partial charge in [-0.2, -0.15) is 13.2 Å². The molecule has 33 heavy (non-hydrogen) atoms. The van der Waals surface area contributed by atoms with Crippen molar-refractivity contribution in [2.75, 3.05) is 7.11 Å². The van der Waals surface area contributed by atoms with E-state index in [2.05, 4.69) is 10.1 Å². The first-order valence-electron chi connectivity index (χ1n) is 8.68. The Kier molecular flexibility index (Phi) is 9.39. The molecule has 0 bridgehead atoms. The van der Waals surface area contributed by atoms with Crippen LogP contribution in [0.1, 0.15) is 31.8 Å². The van der Waals surface area contributed by atoms with Gasteiger partial charge in [0.2, 0.25) is 5.78 Å². The molecule has 0 saturated carbocycles. The van der Waals surface area contributed by atoms with Crippen LogP contribution in [0.2, 0.25) is 5.02 Å². The molecule has 1 heterocycles. The number of carbonyl (C=O) groups excluding carboxylic acids is 3. The number of thiophene rings is 1. The van der Waals surface area contributed by atoms with Crippen molar-refractivity contribution in [2.24, 2.45) is 5.73 Å². The first kappa shape index (κ1) is 27.9. The van der Waals surface area contributed by atoms with Crippen LogP contribution in [0.4, 0.5) is 13.2 Å². The zero-order chi connectivity index (χ0) is 25.6. The van der Waals surface area contributed by atoms with E-state index in [1.165, 1.54) is 25.1 Å². The molecule has 1 aromatic carbocycles. The van der Waals surface area contributed by atoms with Crippen molar-refractivity contribution in [2.45, 2.75) is 25.2 Å². The van der Waals surface area contributed by atoms with Crippen molar-refractivity contribution in [1.82, 2.24) is 5.32 Å². The number of nitrogens with one attached hydrogen (secondary N) is 1. The summed E-state index contributed by atoms with van der Waals surface area (Å²) in [5.74, 6) is -4.74. The summed E-state index contributed by atoms with van der Waals surface area (Å²) >= 11 is 6.88. The number of nitrogens with two attached hydrogens (primary N) is 1. The highest BCUT2D eigenvalue weighted by Gasteiger charge is 2.41. The van der Waals surface area contributed by atoms with Crippen LogP contribution in [0.25, 0.3) is 0 Å². The second kappa shape index (κ2) is 11.1. The van der Waals surface area contributed by atoms with Crippen LogP contribution in [0, 0.1) is 0 Å². The molecule has 2 rings (SSSR count). The van der Waals surface area contributed by atoms with Gasteiger partial charge >= 0.3 is 18.1 Å². The SMILES string of the molecule is COC(=O)C(C)(N)C(=O)c1sc(C(=O)NCc2cccc(O)c2)cc1Cl.O=C(O)C(F)(F)F. The van der Waals surface area contributed by atoms with Gasteiger partial charge in [-0.25, -0.2) is 9.59 Å². The Morgan fingerprint density at radius 3 is 2.27 bits per heavy atom. The van der Waals surface area contributed by atoms with Gasteiger partial charge in [-0.05, 0) is 30.7 Å². The van der Waals surface area contributed by atoms with Crippen molar-refractivity contribution >= 4 is 46.6 Å². The Morgan fingerprint density at radius 2 is 1.79 bits per heavy atom. The molecule has 14 heteroatoms. The molecule has 0 spiro atoms. The number of aromatic hydroxyl groups is 1. The van der Waals surface area contributed by atoms with Gasteiger partial charge in [0.1, 0.15) is 5.75 Å². The number of alkyl halides is 3. The summed E-state index contributed by atoms with van der Waals surface area (Å²) in [7, 11) is 1.12. The summed E-state index contributed by atoms with van der Waals surface area (Å²) < 4.78 is 36.3. The van der Waals surface area contributed by atoms with Gasteiger partial charge in [0, 0.05) is 6.54 Å². The van der Waals surface area contributed by atoms with Crippen molar-refractivity contribution in [1.29, 1.82) is 0 Å². The average Bonchev–Trinajstić information content (AvgIpc) is 3.12. The number of benzene rings is 1. The van der Waals surface area contributed by atoms with Crippen LogP contribution in [0.3, 0.4) is 0 Å². The number of hydrogen-bond acceptors (Lipinski definition) is 8. The molecule has 0 aliphatic heterocycles. The van der Waals surface area contributed by atoms with E-state index in [1.54, 1.807) is 12.1 Å². The molecule has 1 amide bonds. The summed E-state index contributed by atoms with van der Waals surface area (Å²) in [5.41, 5.74) is 4.55. The smallest absolute Gasteiger partial charge is 0.490 e. The third kappa shape index (κ3) is 7.73. The molecule has 2 aromatic rings. The minimum atomic E-state index is -5.08. The molecule has 0 aliphatic rings. The average molecular weight is 511 g/mol. The van der Waals surface area contributed by atoms with Gasteiger partial charge < -0.3 is 26.0 Å². The summed E-state index contributed by atoms with van der Waals surface area (Å²) in [4.78, 5) is 45.5. The molecule has 1 unspecified atom stereocenters. The van der Waals surface area contributed by atoms with Gasteiger partial charge in [-0.1, -0.05) is 23.7 Å². The molecular weight excluding hydrogens is 493 g/mol. The highest BCUT2D eigenvalue weighted by atomic mass is 35.5. The van der Waals surface area contributed by atoms with E-state index in [0.29, 0.717) is 5.56 Å². The number of hydrogen-bond donors (Lipinski definition) is 4. The molecule has 0 radical (unpaired) electrons. The number of phenolic OH excluding ortho intramolecular Hbond substituents is 1. The summed E-state index contributed by atoms with van der Waals surface area (Å²) in [6, 6.07) is 7.78. The number of ether oxygens (including phenoxy) is 1. The number of Topliss-reactive ketones (excluding diaryl/α,β-unsaturated/α-hetero) is 1. The van der Waals surface area contributed by atoms with Crippen LogP contribution >= 0.6 is 22.9 Å². The van der Waals surface area contributed by atoms with E-state index in [-0.39, 0.29) is 27.1 Å². The molecule has 1 aromatic heterocycles. The van der Waals surface area contributed by atoms with Crippen molar-refractivity contribution in [3.05, 3.63) is 50.7 Å². The van der Waals surface area contributed by atoms with E-state index in [0.717, 1.165) is 18.4 Å². The van der Waals surface area contributed by atoms with Crippen molar-refractivity contribution in [3.63, 3.8) is 0 Å². The molecule has 180 valence electrons. The van der Waals surface area contributed by atoms with E-state index >= 15 is 0 Å². The Balaban J connectivity index is 0.000000675. The first-order chi connectivity index (χ1) is 15.1. The minimum Gasteiger partial charge on any atom is -0.508 e. The molecule has 0 aliphatic carbocycles. The van der Waals surface area contributed by atoms with E-state index in [9.17, 15) is 32.7 Å². The number of amides is 1. The largest absolute Gasteiger partial charge is 0.508 e. The Bertz CT molecular complexity index is 1050. The Morgan fingerprint density at radius 1 is 1.21 bits per heavy atom. The van der Waals surface area contributed by atoms with Gasteiger partial charge in [0.05, 0.1) is 21.9 Å². The lowest BCUT2D eigenvalue weighted by Crippen LogP contribution is -2.52. The van der Waals surface area contributed by atoms with Crippen molar-refractivity contribution < 1.29 is 47.3 Å². The van der Waals surface area contributed by atoms with Gasteiger partial charge in [-0.15, -0.1) is 11.3 Å². The Labute approximate surface area is 193 Å². The van der Waals surface area contributed by atoms with Gasteiger partial charge in [-0.3, -0.25) is 9.59 Å². The number of carboxylic acids is 1. The first-order valence-corrected chi connectivity index (χ1v) is 9.88. The van der Waals surface area contributed by atoms with Crippen LogP contribution in [0.5, 0.6) is 5.75 Å². The topological polar surface area (TPSA) is 156 Å². The Hall–Kier alpha value is -3.16. The fourth-order valence-electron chi connectivity index (χ4n) is 2.11. The number of aliphatic carboxylic acids is 1. The van der Waals surface area contributed by atoms with E-state index in [1.807, 2.05) is 0 Å². The quantitative estimate of drug-likeness (QED) is 0.262. The zero-order valence-corrected chi connectivity index (χ0v) is 18.6.